The molecule has 4 nitrogen and oxygen atoms in total. The van der Waals surface area contributed by atoms with E-state index >= 15 is 0 Å². The Morgan fingerprint density at radius 1 is 1.10 bits per heavy atom. The van der Waals surface area contributed by atoms with Crippen LogP contribution in [0, 0.1) is 0 Å². The summed E-state index contributed by atoms with van der Waals surface area (Å²) in [6.07, 6.45) is 2.31. The summed E-state index contributed by atoms with van der Waals surface area (Å²) >= 11 is 0. The number of rotatable bonds is 11. The molecule has 1 rings (SSSR count). The minimum atomic E-state index is 0.642. The number of hydrogen-bond donors (Lipinski definition) is 1. The van der Waals surface area contributed by atoms with Crippen LogP contribution in [0.1, 0.15) is 32.3 Å². The average Bonchev–Trinajstić information content (AvgIpc) is 2.48. The highest BCUT2D eigenvalue weighted by Gasteiger charge is 2.04. The maximum absolute atomic E-state index is 5.50. The van der Waals surface area contributed by atoms with Crippen molar-refractivity contribution >= 4 is 0 Å². The Balaban J connectivity index is 2.29. The molecule has 1 N–H and O–H groups in total. The maximum Gasteiger partial charge on any atom is 0.161 e. The molecule has 0 saturated carbocycles. The Kier molecular flexibility index (Phi) is 8.83. The summed E-state index contributed by atoms with van der Waals surface area (Å²) in [5, 5.41) is 3.36. The highest BCUT2D eigenvalue weighted by Crippen LogP contribution is 2.27. The number of nitrogens with one attached hydrogen (secondary N) is 1. The van der Waals surface area contributed by atoms with Gasteiger partial charge in [-0.1, -0.05) is 19.4 Å². The van der Waals surface area contributed by atoms with E-state index < -0.39 is 0 Å². The molecule has 0 heterocycles. The SMILES string of the molecule is CCCCOCCNCc1ccc(OCC)c(OC)c1. The van der Waals surface area contributed by atoms with Gasteiger partial charge in [0.2, 0.25) is 0 Å². The summed E-state index contributed by atoms with van der Waals surface area (Å²) in [6.45, 7) is 8.06. The average molecular weight is 281 g/mol. The van der Waals surface area contributed by atoms with Gasteiger partial charge in [0.15, 0.2) is 11.5 Å². The van der Waals surface area contributed by atoms with Crippen LogP contribution in [0.25, 0.3) is 0 Å². The molecule has 0 aromatic heterocycles. The minimum absolute atomic E-state index is 0.642. The standard InChI is InChI=1S/C16H27NO3/c1-4-6-10-19-11-9-17-13-14-7-8-15(20-5-2)16(12-14)18-3/h7-8,12,17H,4-6,9-11,13H2,1-3H3. The largest absolute Gasteiger partial charge is 0.493 e. The van der Waals surface area contributed by atoms with Crippen molar-refractivity contribution in [2.24, 2.45) is 0 Å². The molecule has 0 aliphatic carbocycles. The van der Waals surface area contributed by atoms with Gasteiger partial charge < -0.3 is 19.5 Å². The van der Waals surface area contributed by atoms with E-state index in [0.29, 0.717) is 6.61 Å². The molecule has 0 atom stereocenters. The molecule has 0 aliphatic rings. The molecule has 0 radical (unpaired) electrons. The van der Waals surface area contributed by atoms with Crippen molar-refractivity contribution < 1.29 is 14.2 Å². The first-order valence-electron chi connectivity index (χ1n) is 7.40. The predicted octanol–water partition coefficient (Wildman–Crippen LogP) is 3.00. The Morgan fingerprint density at radius 3 is 2.65 bits per heavy atom. The molecular formula is C16H27NO3. The van der Waals surface area contributed by atoms with E-state index in [4.69, 9.17) is 14.2 Å². The third kappa shape index (κ3) is 6.26. The topological polar surface area (TPSA) is 39.7 Å². The third-order valence-electron chi connectivity index (χ3n) is 2.92. The van der Waals surface area contributed by atoms with E-state index in [0.717, 1.165) is 44.2 Å². The van der Waals surface area contributed by atoms with Gasteiger partial charge in [-0.05, 0) is 31.0 Å². The van der Waals surface area contributed by atoms with E-state index in [-0.39, 0.29) is 0 Å². The summed E-state index contributed by atoms with van der Waals surface area (Å²) in [6, 6.07) is 6.02. The van der Waals surface area contributed by atoms with Crippen LogP contribution < -0.4 is 14.8 Å². The van der Waals surface area contributed by atoms with Crippen molar-refractivity contribution in [1.82, 2.24) is 5.32 Å². The van der Waals surface area contributed by atoms with Gasteiger partial charge in [0.1, 0.15) is 0 Å². The molecule has 4 heteroatoms. The first-order chi connectivity index (χ1) is 9.81. The van der Waals surface area contributed by atoms with Crippen LogP contribution in [0.2, 0.25) is 0 Å². The van der Waals surface area contributed by atoms with Crippen molar-refractivity contribution in [3.63, 3.8) is 0 Å². The second kappa shape index (κ2) is 10.5. The van der Waals surface area contributed by atoms with Crippen molar-refractivity contribution in [3.8, 4) is 11.5 Å². The summed E-state index contributed by atoms with van der Waals surface area (Å²) < 4.78 is 16.3. The lowest BCUT2D eigenvalue weighted by molar-refractivity contribution is 0.133. The fourth-order valence-electron chi connectivity index (χ4n) is 1.82. The molecule has 114 valence electrons. The maximum atomic E-state index is 5.50. The first kappa shape index (κ1) is 16.8. The summed E-state index contributed by atoms with van der Waals surface area (Å²) in [4.78, 5) is 0. The predicted molar refractivity (Wildman–Crippen MR) is 81.6 cm³/mol. The number of methoxy groups -OCH3 is 1. The van der Waals surface area contributed by atoms with Gasteiger partial charge in [-0.25, -0.2) is 0 Å². The molecule has 0 fully saturated rings. The quantitative estimate of drug-likeness (QED) is 0.633. The lowest BCUT2D eigenvalue weighted by atomic mass is 10.2. The Hall–Kier alpha value is -1.26. The van der Waals surface area contributed by atoms with Gasteiger partial charge in [0, 0.05) is 19.7 Å². The molecule has 20 heavy (non-hydrogen) atoms. The van der Waals surface area contributed by atoms with Gasteiger partial charge >= 0.3 is 0 Å². The third-order valence-corrected chi connectivity index (χ3v) is 2.92. The fraction of sp³-hybridized carbons (Fsp3) is 0.625. The van der Waals surface area contributed by atoms with Crippen LogP contribution in [0.4, 0.5) is 0 Å². The van der Waals surface area contributed by atoms with Gasteiger partial charge in [-0.2, -0.15) is 0 Å². The first-order valence-corrected chi connectivity index (χ1v) is 7.40. The highest BCUT2D eigenvalue weighted by atomic mass is 16.5. The van der Waals surface area contributed by atoms with E-state index in [1.54, 1.807) is 7.11 Å². The van der Waals surface area contributed by atoms with Crippen molar-refractivity contribution in [1.29, 1.82) is 0 Å². The fourth-order valence-corrected chi connectivity index (χ4v) is 1.82. The number of hydrogen-bond acceptors (Lipinski definition) is 4. The second-order valence-electron chi connectivity index (χ2n) is 4.56. The minimum Gasteiger partial charge on any atom is -0.493 e. The van der Waals surface area contributed by atoms with E-state index in [1.807, 2.05) is 19.1 Å². The Labute approximate surface area is 122 Å². The molecule has 0 amide bonds. The molecular weight excluding hydrogens is 254 g/mol. The smallest absolute Gasteiger partial charge is 0.161 e. The summed E-state index contributed by atoms with van der Waals surface area (Å²) in [7, 11) is 1.66. The summed E-state index contributed by atoms with van der Waals surface area (Å²) in [5.74, 6) is 1.58. The lowest BCUT2D eigenvalue weighted by Gasteiger charge is -2.11. The lowest BCUT2D eigenvalue weighted by Crippen LogP contribution is -2.19. The number of ether oxygens (including phenoxy) is 3. The van der Waals surface area contributed by atoms with E-state index in [2.05, 4.69) is 18.3 Å². The van der Waals surface area contributed by atoms with Crippen molar-refractivity contribution in [2.75, 3.05) is 33.5 Å². The van der Waals surface area contributed by atoms with Crippen LogP contribution in [-0.2, 0) is 11.3 Å². The van der Waals surface area contributed by atoms with Crippen molar-refractivity contribution in [2.45, 2.75) is 33.2 Å². The zero-order chi connectivity index (χ0) is 14.6. The van der Waals surface area contributed by atoms with E-state index in [1.165, 1.54) is 12.0 Å². The van der Waals surface area contributed by atoms with Crippen LogP contribution >= 0.6 is 0 Å². The Bertz CT molecular complexity index is 369. The number of benzene rings is 1. The monoisotopic (exact) mass is 281 g/mol. The normalized spacial score (nSPS) is 10.6. The molecule has 0 spiro atoms. The van der Waals surface area contributed by atoms with Crippen LogP contribution in [0.3, 0.4) is 0 Å². The van der Waals surface area contributed by atoms with Crippen molar-refractivity contribution in [3.05, 3.63) is 23.8 Å². The molecule has 0 saturated heterocycles. The molecule has 0 aliphatic heterocycles. The Morgan fingerprint density at radius 2 is 1.95 bits per heavy atom. The van der Waals surface area contributed by atoms with E-state index in [9.17, 15) is 0 Å². The van der Waals surface area contributed by atoms with Crippen LogP contribution in [-0.4, -0.2) is 33.5 Å². The number of unbranched alkanes of at least 4 members (excludes halogenated alkanes) is 1. The van der Waals surface area contributed by atoms with Gasteiger partial charge in [-0.3, -0.25) is 0 Å². The molecule has 1 aromatic rings. The molecule has 0 bridgehead atoms. The second-order valence-corrected chi connectivity index (χ2v) is 4.56. The summed E-state index contributed by atoms with van der Waals surface area (Å²) in [5.41, 5.74) is 1.18. The van der Waals surface area contributed by atoms with Gasteiger partial charge in [-0.15, -0.1) is 0 Å². The zero-order valence-corrected chi connectivity index (χ0v) is 12.9. The van der Waals surface area contributed by atoms with Crippen LogP contribution in [0.5, 0.6) is 11.5 Å². The molecule has 1 aromatic carbocycles. The molecule has 0 unspecified atom stereocenters. The highest BCUT2D eigenvalue weighted by molar-refractivity contribution is 5.42. The van der Waals surface area contributed by atoms with Gasteiger partial charge in [0.25, 0.3) is 0 Å². The van der Waals surface area contributed by atoms with Gasteiger partial charge in [0.05, 0.1) is 20.3 Å². The van der Waals surface area contributed by atoms with Crippen LogP contribution in [0.15, 0.2) is 18.2 Å². The zero-order valence-electron chi connectivity index (χ0n) is 12.9.